The quantitative estimate of drug-likeness (QED) is 0.907. The van der Waals surface area contributed by atoms with Crippen LogP contribution in [-0.4, -0.2) is 17.7 Å². The van der Waals surface area contributed by atoms with Gasteiger partial charge in [0.25, 0.3) is 0 Å². The third-order valence-corrected chi connectivity index (χ3v) is 3.58. The Hall–Kier alpha value is -3.15. The smallest absolute Gasteiger partial charge is 0.411 e. The van der Waals surface area contributed by atoms with Crippen molar-refractivity contribution in [1.29, 1.82) is 0 Å². The van der Waals surface area contributed by atoms with Crippen LogP contribution in [0.5, 0.6) is 0 Å². The van der Waals surface area contributed by atoms with Crippen LogP contribution in [0.3, 0.4) is 0 Å². The van der Waals surface area contributed by atoms with E-state index in [1.165, 1.54) is 0 Å². The molecule has 0 aliphatic carbocycles. The minimum absolute atomic E-state index is 0.0711. The lowest BCUT2D eigenvalue weighted by Crippen LogP contribution is -2.25. The number of hydrogen-bond acceptors (Lipinski definition) is 4. The van der Waals surface area contributed by atoms with E-state index in [4.69, 9.17) is 4.74 Å². The van der Waals surface area contributed by atoms with Gasteiger partial charge in [0, 0.05) is 18.5 Å². The highest BCUT2D eigenvalue weighted by molar-refractivity contribution is 6.04. The summed E-state index contributed by atoms with van der Waals surface area (Å²) in [5.74, 6) is -0.0711. The molecule has 0 saturated heterocycles. The number of benzene rings is 2. The van der Waals surface area contributed by atoms with Crippen LogP contribution in [0.25, 0.3) is 0 Å². The van der Waals surface area contributed by atoms with Gasteiger partial charge in [-0.15, -0.1) is 0 Å². The summed E-state index contributed by atoms with van der Waals surface area (Å²) in [6.45, 7) is 0.223. The van der Waals surface area contributed by atoms with E-state index in [0.717, 1.165) is 16.8 Å². The van der Waals surface area contributed by atoms with Crippen molar-refractivity contribution >= 4 is 23.4 Å². The van der Waals surface area contributed by atoms with Crippen LogP contribution in [-0.2, 0) is 16.1 Å². The van der Waals surface area contributed by atoms with Gasteiger partial charge in [0.15, 0.2) is 0 Å². The summed E-state index contributed by atoms with van der Waals surface area (Å²) in [5.41, 5.74) is 5.78. The molecular formula is C18H17N3O3. The lowest BCUT2D eigenvalue weighted by molar-refractivity contribution is -0.121. The Bertz CT molecular complexity index is 755. The van der Waals surface area contributed by atoms with Crippen LogP contribution < -0.4 is 10.7 Å². The van der Waals surface area contributed by atoms with Crippen molar-refractivity contribution in [1.82, 2.24) is 5.43 Å². The Morgan fingerprint density at radius 2 is 1.83 bits per heavy atom. The minimum Gasteiger partial charge on any atom is -0.444 e. The Kier molecular flexibility index (Phi) is 4.86. The van der Waals surface area contributed by atoms with Crippen LogP contribution in [0, 0.1) is 0 Å². The summed E-state index contributed by atoms with van der Waals surface area (Å²) in [4.78, 5) is 22.9. The van der Waals surface area contributed by atoms with Crippen LogP contribution in [0.15, 0.2) is 59.7 Å². The summed E-state index contributed by atoms with van der Waals surface area (Å²) in [7, 11) is 0. The normalized spacial score (nSPS) is 13.7. The first-order valence-corrected chi connectivity index (χ1v) is 7.64. The van der Waals surface area contributed by atoms with Crippen LogP contribution in [0.1, 0.15) is 24.0 Å². The largest absolute Gasteiger partial charge is 0.444 e. The van der Waals surface area contributed by atoms with Crippen molar-refractivity contribution in [3.05, 3.63) is 65.7 Å². The molecule has 3 rings (SSSR count). The van der Waals surface area contributed by atoms with Gasteiger partial charge in [0.1, 0.15) is 6.61 Å². The molecule has 6 heteroatoms. The van der Waals surface area contributed by atoms with Crippen molar-refractivity contribution in [2.24, 2.45) is 5.10 Å². The van der Waals surface area contributed by atoms with Crippen LogP contribution >= 0.6 is 0 Å². The predicted molar refractivity (Wildman–Crippen MR) is 90.6 cm³/mol. The van der Waals surface area contributed by atoms with Crippen LogP contribution in [0.2, 0.25) is 0 Å². The first-order chi connectivity index (χ1) is 11.7. The second-order valence-electron chi connectivity index (χ2n) is 5.36. The fourth-order valence-corrected chi connectivity index (χ4v) is 2.31. The molecule has 6 nitrogen and oxygen atoms in total. The number of rotatable bonds is 4. The third-order valence-electron chi connectivity index (χ3n) is 3.58. The van der Waals surface area contributed by atoms with E-state index in [0.29, 0.717) is 18.5 Å². The zero-order valence-corrected chi connectivity index (χ0v) is 13.0. The van der Waals surface area contributed by atoms with Gasteiger partial charge < -0.3 is 4.74 Å². The van der Waals surface area contributed by atoms with Gasteiger partial charge in [-0.3, -0.25) is 10.1 Å². The van der Waals surface area contributed by atoms with Gasteiger partial charge in [0.05, 0.1) is 5.71 Å². The number of nitrogens with one attached hydrogen (secondary N) is 2. The molecule has 0 radical (unpaired) electrons. The Morgan fingerprint density at radius 3 is 2.50 bits per heavy atom. The summed E-state index contributed by atoms with van der Waals surface area (Å²) in [6.07, 6.45) is 0.538. The fourth-order valence-electron chi connectivity index (χ4n) is 2.31. The molecule has 0 atom stereocenters. The molecule has 2 amide bonds. The molecule has 2 aromatic carbocycles. The minimum atomic E-state index is -0.506. The van der Waals surface area contributed by atoms with E-state index in [-0.39, 0.29) is 12.5 Å². The second kappa shape index (κ2) is 7.41. The summed E-state index contributed by atoms with van der Waals surface area (Å²) in [5, 5.41) is 6.72. The lowest BCUT2D eigenvalue weighted by atomic mass is 10.0. The van der Waals surface area contributed by atoms with Crippen molar-refractivity contribution < 1.29 is 14.3 Å². The second-order valence-corrected chi connectivity index (χ2v) is 5.36. The summed E-state index contributed by atoms with van der Waals surface area (Å²) in [6, 6.07) is 16.7. The zero-order chi connectivity index (χ0) is 16.8. The van der Waals surface area contributed by atoms with Gasteiger partial charge in [0.2, 0.25) is 5.91 Å². The van der Waals surface area contributed by atoms with Crippen LogP contribution in [0.4, 0.5) is 10.5 Å². The Labute approximate surface area is 139 Å². The van der Waals surface area contributed by atoms with E-state index in [9.17, 15) is 9.59 Å². The molecule has 0 bridgehead atoms. The molecule has 0 aromatic heterocycles. The van der Waals surface area contributed by atoms with E-state index in [2.05, 4.69) is 15.8 Å². The van der Waals surface area contributed by atoms with Gasteiger partial charge >= 0.3 is 6.09 Å². The fraction of sp³-hybridized carbons (Fsp3) is 0.167. The molecule has 122 valence electrons. The molecule has 0 spiro atoms. The monoisotopic (exact) mass is 323 g/mol. The molecule has 0 fully saturated rings. The first kappa shape index (κ1) is 15.7. The molecule has 1 heterocycles. The van der Waals surface area contributed by atoms with Gasteiger partial charge in [-0.2, -0.15) is 5.10 Å². The summed E-state index contributed by atoms with van der Waals surface area (Å²) >= 11 is 0. The first-order valence-electron chi connectivity index (χ1n) is 7.64. The number of carbonyl (C=O) groups is 2. The Balaban J connectivity index is 1.54. The lowest BCUT2D eigenvalue weighted by Gasteiger charge is -2.12. The number of hydrazone groups is 1. The Morgan fingerprint density at radius 1 is 1.08 bits per heavy atom. The molecule has 24 heavy (non-hydrogen) atoms. The number of nitrogens with zero attached hydrogens (tertiary/aromatic N) is 1. The predicted octanol–water partition coefficient (Wildman–Crippen LogP) is 3.05. The van der Waals surface area contributed by atoms with Crippen molar-refractivity contribution in [2.45, 2.75) is 19.4 Å². The highest BCUT2D eigenvalue weighted by Crippen LogP contribution is 2.14. The van der Waals surface area contributed by atoms with E-state index >= 15 is 0 Å². The molecule has 1 aliphatic rings. The number of amides is 2. The molecule has 1 aliphatic heterocycles. The van der Waals surface area contributed by atoms with Gasteiger partial charge in [-0.25, -0.2) is 10.2 Å². The average molecular weight is 323 g/mol. The maximum atomic E-state index is 11.8. The van der Waals surface area contributed by atoms with Crippen molar-refractivity contribution in [2.75, 3.05) is 5.32 Å². The molecular weight excluding hydrogens is 306 g/mol. The van der Waals surface area contributed by atoms with E-state index < -0.39 is 6.09 Å². The van der Waals surface area contributed by atoms with Gasteiger partial charge in [-0.05, 0) is 23.3 Å². The molecule has 2 aromatic rings. The maximum Gasteiger partial charge on any atom is 0.411 e. The molecule has 0 unspecified atom stereocenters. The molecule has 0 saturated carbocycles. The van der Waals surface area contributed by atoms with Gasteiger partial charge in [-0.1, -0.05) is 42.5 Å². The SMILES string of the molecule is O=C1CCC(c2ccc(NC(=O)OCc3ccccc3)cc2)=NN1. The van der Waals surface area contributed by atoms with E-state index in [1.807, 2.05) is 42.5 Å². The number of anilines is 1. The summed E-state index contributed by atoms with van der Waals surface area (Å²) < 4.78 is 5.17. The van der Waals surface area contributed by atoms with Crippen molar-refractivity contribution in [3.63, 3.8) is 0 Å². The standard InChI is InChI=1S/C18H17N3O3/c22-17-11-10-16(20-21-17)14-6-8-15(9-7-14)19-18(23)24-12-13-4-2-1-3-5-13/h1-9H,10-12H2,(H,19,23)(H,21,22). The number of ether oxygens (including phenoxy) is 1. The highest BCUT2D eigenvalue weighted by atomic mass is 16.5. The van der Waals surface area contributed by atoms with E-state index in [1.54, 1.807) is 12.1 Å². The van der Waals surface area contributed by atoms with Crippen molar-refractivity contribution in [3.8, 4) is 0 Å². The molecule has 2 N–H and O–H groups in total. The average Bonchev–Trinajstić information content (AvgIpc) is 2.62. The topological polar surface area (TPSA) is 79.8 Å². The zero-order valence-electron chi connectivity index (χ0n) is 13.0. The number of carbonyl (C=O) groups excluding carboxylic acids is 2. The third kappa shape index (κ3) is 4.19. The highest BCUT2D eigenvalue weighted by Gasteiger charge is 2.13. The number of hydrogen-bond donors (Lipinski definition) is 2. The maximum absolute atomic E-state index is 11.8.